The molecule has 0 bridgehead atoms. The van der Waals surface area contributed by atoms with Crippen LogP contribution in [0.1, 0.15) is 74.1 Å². The molecule has 0 saturated heterocycles. The van der Waals surface area contributed by atoms with Crippen LogP contribution in [0.5, 0.6) is 5.75 Å². The van der Waals surface area contributed by atoms with Gasteiger partial charge >= 0.3 is 0 Å². The highest BCUT2D eigenvalue weighted by molar-refractivity contribution is 6.09. The number of carbonyl (C=O) groups excluding carboxylic acids is 4. The lowest BCUT2D eigenvalue weighted by atomic mass is 9.89. The zero-order chi connectivity index (χ0) is 23.1. The van der Waals surface area contributed by atoms with Gasteiger partial charge < -0.3 is 20.6 Å². The lowest BCUT2D eigenvalue weighted by Crippen LogP contribution is -2.21. The fourth-order valence-electron chi connectivity index (χ4n) is 2.79. The van der Waals surface area contributed by atoms with E-state index in [2.05, 4.69) is 12.2 Å². The molecule has 1 aromatic carbocycles. The van der Waals surface area contributed by atoms with Crippen molar-refractivity contribution >= 4 is 23.8 Å². The Kier molecular flexibility index (Phi) is 14.0. The Morgan fingerprint density at radius 2 is 1.87 bits per heavy atom. The molecule has 1 rings (SSSR count). The Labute approximate surface area is 179 Å². The number of aldehydes is 1. The summed E-state index contributed by atoms with van der Waals surface area (Å²) in [5.41, 5.74) is 6.13. The highest BCUT2D eigenvalue weighted by Crippen LogP contribution is 2.23. The molecule has 7 nitrogen and oxygen atoms in total. The number of ether oxygens (including phenoxy) is 1. The number of carbonyl (C=O) groups is 4. The first-order chi connectivity index (χ1) is 14.2. The van der Waals surface area contributed by atoms with E-state index in [0.29, 0.717) is 55.2 Å². The summed E-state index contributed by atoms with van der Waals surface area (Å²) in [6.07, 6.45) is 3.78. The highest BCUT2D eigenvalue weighted by atomic mass is 16.5. The number of hydrogen-bond acceptors (Lipinski definition) is 6. The number of ketones is 2. The summed E-state index contributed by atoms with van der Waals surface area (Å²) < 4.78 is 5.48. The number of nitrogens with one attached hydrogen (secondary N) is 1. The molecule has 7 heteroatoms. The van der Waals surface area contributed by atoms with Gasteiger partial charge in [-0.3, -0.25) is 14.4 Å². The molecule has 1 aromatic rings. The van der Waals surface area contributed by atoms with E-state index in [9.17, 15) is 19.2 Å². The van der Waals surface area contributed by atoms with Crippen LogP contribution in [0.25, 0.3) is 0 Å². The average Bonchev–Trinajstić information content (AvgIpc) is 2.73. The van der Waals surface area contributed by atoms with E-state index in [-0.39, 0.29) is 23.4 Å². The lowest BCUT2D eigenvalue weighted by Gasteiger charge is -2.15. The topological polar surface area (TPSA) is 116 Å². The highest BCUT2D eigenvalue weighted by Gasteiger charge is 2.17. The Hall–Kier alpha value is -2.54. The number of benzene rings is 1. The Balaban J connectivity index is 0.000000584. The molecule has 0 aliphatic rings. The third-order valence-corrected chi connectivity index (χ3v) is 4.90. The molecular formula is C23H36N2O5. The SMILES string of the molecule is CC(=O)c1cccc(OCCCN)c1C(C)=O.CCC(C)C(C=O)CCC(=O)NC. The number of hydrogen-bond donors (Lipinski definition) is 2. The Morgan fingerprint density at radius 1 is 1.20 bits per heavy atom. The molecule has 0 heterocycles. The van der Waals surface area contributed by atoms with E-state index in [1.807, 2.05) is 6.92 Å². The van der Waals surface area contributed by atoms with Gasteiger partial charge in [0.05, 0.1) is 12.2 Å². The molecule has 2 atom stereocenters. The maximum Gasteiger partial charge on any atom is 0.219 e. The third-order valence-electron chi connectivity index (χ3n) is 4.90. The summed E-state index contributed by atoms with van der Waals surface area (Å²) in [6, 6.07) is 5.04. The van der Waals surface area contributed by atoms with Gasteiger partial charge in [-0.1, -0.05) is 32.4 Å². The van der Waals surface area contributed by atoms with Crippen molar-refractivity contribution < 1.29 is 23.9 Å². The third kappa shape index (κ3) is 9.78. The number of Topliss-reactive ketones (excluding diaryl/α,β-unsaturated/α-hetero) is 2. The predicted molar refractivity (Wildman–Crippen MR) is 118 cm³/mol. The van der Waals surface area contributed by atoms with Gasteiger partial charge in [0.25, 0.3) is 0 Å². The maximum absolute atomic E-state index is 11.6. The smallest absolute Gasteiger partial charge is 0.219 e. The monoisotopic (exact) mass is 420 g/mol. The van der Waals surface area contributed by atoms with E-state index < -0.39 is 0 Å². The number of nitrogens with two attached hydrogens (primary N) is 1. The molecule has 0 radical (unpaired) electrons. The van der Waals surface area contributed by atoms with Crippen molar-refractivity contribution in [3.63, 3.8) is 0 Å². The van der Waals surface area contributed by atoms with Crippen molar-refractivity contribution in [3.8, 4) is 5.75 Å². The second-order valence-corrected chi connectivity index (χ2v) is 7.18. The number of rotatable bonds is 12. The van der Waals surface area contributed by atoms with E-state index >= 15 is 0 Å². The molecule has 0 aliphatic heterocycles. The maximum atomic E-state index is 11.6. The van der Waals surface area contributed by atoms with Gasteiger partial charge in [-0.05, 0) is 45.2 Å². The normalized spacial score (nSPS) is 12.1. The van der Waals surface area contributed by atoms with Crippen molar-refractivity contribution in [2.75, 3.05) is 20.2 Å². The zero-order valence-corrected chi connectivity index (χ0v) is 18.8. The van der Waals surface area contributed by atoms with Gasteiger partial charge in [-0.25, -0.2) is 0 Å². The molecule has 3 N–H and O–H groups in total. The first-order valence-electron chi connectivity index (χ1n) is 10.4. The van der Waals surface area contributed by atoms with E-state index in [1.165, 1.54) is 13.8 Å². The summed E-state index contributed by atoms with van der Waals surface area (Å²) in [7, 11) is 1.61. The summed E-state index contributed by atoms with van der Waals surface area (Å²) in [6.45, 7) is 7.94. The molecule has 0 aromatic heterocycles. The van der Waals surface area contributed by atoms with Crippen molar-refractivity contribution in [1.29, 1.82) is 0 Å². The molecule has 0 aliphatic carbocycles. The fourth-order valence-corrected chi connectivity index (χ4v) is 2.79. The lowest BCUT2D eigenvalue weighted by molar-refractivity contribution is -0.121. The molecule has 0 fully saturated rings. The Bertz CT molecular complexity index is 703. The predicted octanol–water partition coefficient (Wildman–Crippen LogP) is 3.19. The van der Waals surface area contributed by atoms with Crippen LogP contribution in [0.3, 0.4) is 0 Å². The second-order valence-electron chi connectivity index (χ2n) is 7.18. The van der Waals surface area contributed by atoms with E-state index in [4.69, 9.17) is 10.5 Å². The minimum Gasteiger partial charge on any atom is -0.493 e. The van der Waals surface area contributed by atoms with Gasteiger partial charge in [0.15, 0.2) is 11.6 Å². The molecule has 0 saturated carbocycles. The molecule has 168 valence electrons. The van der Waals surface area contributed by atoms with Gasteiger partial charge in [-0.15, -0.1) is 0 Å². The van der Waals surface area contributed by atoms with Gasteiger partial charge in [0.1, 0.15) is 12.0 Å². The minimum absolute atomic E-state index is 0.00940. The molecular weight excluding hydrogens is 384 g/mol. The van der Waals surface area contributed by atoms with E-state index in [0.717, 1.165) is 12.7 Å². The van der Waals surface area contributed by atoms with Gasteiger partial charge in [-0.2, -0.15) is 0 Å². The van der Waals surface area contributed by atoms with Gasteiger partial charge in [0, 0.05) is 24.9 Å². The Morgan fingerprint density at radius 3 is 2.33 bits per heavy atom. The summed E-state index contributed by atoms with van der Waals surface area (Å²) in [5.74, 6) is 0.566. The molecule has 1 amide bonds. The first kappa shape index (κ1) is 27.5. The standard InChI is InChI=1S/C13H17NO3.C10H19NO2/c1-9(15)11-5-3-6-12(13(11)10(2)16)17-8-4-7-14;1-4-8(2)9(7-12)5-6-10(13)11-3/h3,5-6H,4,7-8,14H2,1-2H3;7-9H,4-6H2,1-3H3,(H,11,13). The average molecular weight is 421 g/mol. The van der Waals surface area contributed by atoms with Crippen LogP contribution in [0, 0.1) is 11.8 Å². The van der Waals surface area contributed by atoms with Crippen LogP contribution in [-0.2, 0) is 9.59 Å². The fraction of sp³-hybridized carbons (Fsp3) is 0.565. The summed E-state index contributed by atoms with van der Waals surface area (Å²) in [5, 5.41) is 2.55. The summed E-state index contributed by atoms with van der Waals surface area (Å²) in [4.78, 5) is 44.6. The molecule has 30 heavy (non-hydrogen) atoms. The largest absolute Gasteiger partial charge is 0.493 e. The van der Waals surface area contributed by atoms with Crippen LogP contribution in [0.2, 0.25) is 0 Å². The van der Waals surface area contributed by atoms with Crippen LogP contribution in [-0.4, -0.2) is 44.0 Å². The van der Waals surface area contributed by atoms with Crippen molar-refractivity contribution in [1.82, 2.24) is 5.32 Å². The first-order valence-corrected chi connectivity index (χ1v) is 10.4. The van der Waals surface area contributed by atoms with Crippen LogP contribution < -0.4 is 15.8 Å². The van der Waals surface area contributed by atoms with Crippen LogP contribution in [0.4, 0.5) is 0 Å². The minimum atomic E-state index is -0.168. The van der Waals surface area contributed by atoms with E-state index in [1.54, 1.807) is 25.2 Å². The van der Waals surface area contributed by atoms with Crippen LogP contribution in [0.15, 0.2) is 18.2 Å². The summed E-state index contributed by atoms with van der Waals surface area (Å²) >= 11 is 0. The van der Waals surface area contributed by atoms with Crippen LogP contribution >= 0.6 is 0 Å². The quantitative estimate of drug-likeness (QED) is 0.305. The number of amides is 1. The van der Waals surface area contributed by atoms with Gasteiger partial charge in [0.2, 0.25) is 5.91 Å². The van der Waals surface area contributed by atoms with Crippen molar-refractivity contribution in [2.45, 2.75) is 53.4 Å². The molecule has 0 spiro atoms. The second kappa shape index (κ2) is 15.3. The van der Waals surface area contributed by atoms with Crippen molar-refractivity contribution in [3.05, 3.63) is 29.3 Å². The van der Waals surface area contributed by atoms with Crippen molar-refractivity contribution in [2.24, 2.45) is 17.6 Å². The molecule has 2 unspecified atom stereocenters. The zero-order valence-electron chi connectivity index (χ0n) is 18.8.